The second-order valence-electron chi connectivity index (χ2n) is 18.2. The molecule has 10 heteroatoms. The normalized spacial score (nSPS) is 11.9. The molecular weight excluding hydrogens is 811 g/mol. The van der Waals surface area contributed by atoms with Crippen molar-refractivity contribution in [2.24, 2.45) is 0 Å². The minimum Gasteiger partial charge on any atom is -0.489 e. The highest BCUT2D eigenvalue weighted by Crippen LogP contribution is 2.35. The number of aromatic nitrogens is 5. The lowest BCUT2D eigenvalue weighted by Gasteiger charge is -2.18. The van der Waals surface area contributed by atoms with Gasteiger partial charge in [0.2, 0.25) is 23.6 Å². The van der Waals surface area contributed by atoms with Gasteiger partial charge in [0.05, 0.1) is 5.52 Å². The number of nitrogens with one attached hydrogen (secondary N) is 1. The van der Waals surface area contributed by atoms with Gasteiger partial charge in [-0.1, -0.05) is 84.0 Å². The maximum absolute atomic E-state index is 6.45. The Balaban J connectivity index is 0.874. The number of nitrogens with zero attached hydrogens (tertiary/aromatic N) is 4. The summed E-state index contributed by atoms with van der Waals surface area (Å²) in [5.74, 6) is 4.89. The van der Waals surface area contributed by atoms with E-state index in [-0.39, 0.29) is 17.4 Å². The summed E-state index contributed by atoms with van der Waals surface area (Å²) in [4.78, 5) is 3.50. The van der Waals surface area contributed by atoms with Crippen molar-refractivity contribution in [3.05, 3.63) is 174 Å². The zero-order valence-electron chi connectivity index (χ0n) is 37.0. The predicted octanol–water partition coefficient (Wildman–Crippen LogP) is 14.5. The molecule has 7 aromatic carbocycles. The molecule has 10 nitrogen and oxygen atoms in total. The molecule has 10 rings (SSSR count). The van der Waals surface area contributed by atoms with Crippen LogP contribution in [0.1, 0.15) is 58.2 Å². The molecule has 0 saturated heterocycles. The molecule has 0 fully saturated rings. The van der Waals surface area contributed by atoms with Crippen LogP contribution in [0.25, 0.3) is 67.6 Å². The van der Waals surface area contributed by atoms with Crippen molar-refractivity contribution in [2.45, 2.75) is 59.0 Å². The lowest BCUT2D eigenvalue weighted by molar-refractivity contribution is 0.305. The Kier molecular flexibility index (Phi) is 10.5. The Morgan fingerprint density at radius 1 is 0.415 bits per heavy atom. The van der Waals surface area contributed by atoms with Gasteiger partial charge in [0.15, 0.2) is 0 Å². The summed E-state index contributed by atoms with van der Waals surface area (Å²) in [5.41, 5.74) is 8.80. The van der Waals surface area contributed by atoms with Gasteiger partial charge in [0, 0.05) is 50.7 Å². The largest absolute Gasteiger partial charge is 0.489 e. The summed E-state index contributed by atoms with van der Waals surface area (Å²) >= 11 is 0. The molecule has 3 heterocycles. The molecule has 322 valence electrons. The molecule has 1 N–H and O–H groups in total. The first-order chi connectivity index (χ1) is 31.4. The fraction of sp³-hybridized carbons (Fsp3) is 0.164. The van der Waals surface area contributed by atoms with Crippen LogP contribution >= 0.6 is 0 Å². The minimum atomic E-state index is 0.0523. The number of H-pyrrole nitrogens is 1. The number of fused-ring (bicyclic) bond motifs is 3. The molecule has 0 bridgehead atoms. The minimum absolute atomic E-state index is 0.0523. The number of aromatic amines is 1. The van der Waals surface area contributed by atoms with E-state index in [9.17, 15) is 0 Å². The SMILES string of the molecule is CC(C)(C)c1ccc(-c2nnc(-c3ccc(Oc4cc(COc5ccc6c(c5)[nH]c5ccccc56)cc(Oc5ccc(-c6nnc(-c7ccc(C(C)(C)C)cc7)o6)cc5)c4)cc3)o2)cc1. The summed E-state index contributed by atoms with van der Waals surface area (Å²) < 4.78 is 31.4. The predicted molar refractivity (Wildman–Crippen MR) is 254 cm³/mol. The number of para-hydroxylation sites is 1. The standard InChI is InChI=1S/C55H47N5O5/c1-54(2,3)39-19-11-35(12-20-39)50-57-59-52(64-50)37-15-23-41(24-16-37)62-44-29-34(33-61-43-27-28-47-46-9-7-8-10-48(46)56-49(47)32-43)30-45(31-44)63-42-25-17-38(18-26-42)53-60-58-51(65-53)36-13-21-40(22-14-36)55(4,5)6/h7-32,56H,33H2,1-6H3. The third-order valence-corrected chi connectivity index (χ3v) is 11.3. The van der Waals surface area contributed by atoms with Gasteiger partial charge in [-0.05, 0) is 131 Å². The third-order valence-electron chi connectivity index (χ3n) is 11.3. The lowest BCUT2D eigenvalue weighted by atomic mass is 9.87. The molecule has 10 aromatic rings. The highest BCUT2D eigenvalue weighted by Gasteiger charge is 2.18. The van der Waals surface area contributed by atoms with Crippen molar-refractivity contribution in [3.63, 3.8) is 0 Å². The van der Waals surface area contributed by atoms with Crippen molar-refractivity contribution in [2.75, 3.05) is 0 Å². The molecule has 0 spiro atoms. The zero-order chi connectivity index (χ0) is 44.7. The van der Waals surface area contributed by atoms with E-state index in [0.29, 0.717) is 46.6 Å². The van der Waals surface area contributed by atoms with Crippen molar-refractivity contribution >= 4 is 21.8 Å². The Morgan fingerprint density at radius 3 is 1.29 bits per heavy atom. The summed E-state index contributed by atoms with van der Waals surface area (Å²) in [6.07, 6.45) is 0. The van der Waals surface area contributed by atoms with E-state index in [1.807, 2.05) is 115 Å². The Hall–Kier alpha value is -7.98. The van der Waals surface area contributed by atoms with Gasteiger partial charge in [-0.25, -0.2) is 0 Å². The van der Waals surface area contributed by atoms with E-state index >= 15 is 0 Å². The Bertz CT molecular complexity index is 3100. The van der Waals surface area contributed by atoms with Gasteiger partial charge < -0.3 is 28.0 Å². The van der Waals surface area contributed by atoms with E-state index in [1.165, 1.54) is 16.5 Å². The van der Waals surface area contributed by atoms with Crippen LogP contribution in [0.15, 0.2) is 167 Å². The number of rotatable bonds is 11. The fourth-order valence-electron chi connectivity index (χ4n) is 7.66. The molecule has 0 unspecified atom stereocenters. The topological polar surface area (TPSA) is 121 Å². The summed E-state index contributed by atoms with van der Waals surface area (Å²) in [5, 5.41) is 19.6. The fourth-order valence-corrected chi connectivity index (χ4v) is 7.66. The van der Waals surface area contributed by atoms with Crippen molar-refractivity contribution < 1.29 is 23.0 Å². The van der Waals surface area contributed by atoms with Crippen LogP contribution in [0.4, 0.5) is 0 Å². The van der Waals surface area contributed by atoms with Crippen LogP contribution < -0.4 is 14.2 Å². The van der Waals surface area contributed by atoms with Gasteiger partial charge in [0.25, 0.3) is 0 Å². The number of hydrogen-bond donors (Lipinski definition) is 1. The molecular formula is C55H47N5O5. The van der Waals surface area contributed by atoms with Gasteiger partial charge >= 0.3 is 0 Å². The van der Waals surface area contributed by atoms with Gasteiger partial charge in [-0.3, -0.25) is 0 Å². The molecule has 0 aliphatic heterocycles. The summed E-state index contributed by atoms with van der Waals surface area (Å²) in [6.45, 7) is 13.4. The van der Waals surface area contributed by atoms with E-state index in [4.69, 9.17) is 23.0 Å². The van der Waals surface area contributed by atoms with Crippen LogP contribution in [-0.2, 0) is 17.4 Å². The number of ether oxygens (including phenoxy) is 3. The molecule has 0 aliphatic rings. The smallest absolute Gasteiger partial charge is 0.248 e. The molecule has 0 atom stereocenters. The van der Waals surface area contributed by atoms with Crippen LogP contribution in [-0.4, -0.2) is 25.4 Å². The third kappa shape index (κ3) is 8.97. The van der Waals surface area contributed by atoms with Gasteiger partial charge in [0.1, 0.15) is 35.4 Å². The Labute approximate surface area is 376 Å². The van der Waals surface area contributed by atoms with Crippen LogP contribution in [0.5, 0.6) is 28.7 Å². The number of benzene rings is 7. The molecule has 3 aromatic heterocycles. The maximum Gasteiger partial charge on any atom is 0.248 e. The molecule has 0 saturated carbocycles. The first-order valence-corrected chi connectivity index (χ1v) is 21.6. The second-order valence-corrected chi connectivity index (χ2v) is 18.2. The average Bonchev–Trinajstić information content (AvgIpc) is 4.08. The first kappa shape index (κ1) is 41.1. The highest BCUT2D eigenvalue weighted by molar-refractivity contribution is 6.07. The van der Waals surface area contributed by atoms with Crippen molar-refractivity contribution in [1.29, 1.82) is 0 Å². The first-order valence-electron chi connectivity index (χ1n) is 21.6. The van der Waals surface area contributed by atoms with Crippen LogP contribution in [0.3, 0.4) is 0 Å². The van der Waals surface area contributed by atoms with E-state index in [1.54, 1.807) is 0 Å². The number of hydrogen-bond acceptors (Lipinski definition) is 9. The van der Waals surface area contributed by atoms with Crippen molar-refractivity contribution in [1.82, 2.24) is 25.4 Å². The lowest BCUT2D eigenvalue weighted by Crippen LogP contribution is -2.10. The van der Waals surface area contributed by atoms with E-state index in [0.717, 1.165) is 50.0 Å². The van der Waals surface area contributed by atoms with E-state index in [2.05, 4.69) is 109 Å². The van der Waals surface area contributed by atoms with Crippen LogP contribution in [0.2, 0.25) is 0 Å². The Morgan fingerprint density at radius 2 is 0.831 bits per heavy atom. The monoisotopic (exact) mass is 857 g/mol. The van der Waals surface area contributed by atoms with Crippen LogP contribution in [0, 0.1) is 0 Å². The van der Waals surface area contributed by atoms with Gasteiger partial charge in [-0.15, -0.1) is 20.4 Å². The molecule has 65 heavy (non-hydrogen) atoms. The second kappa shape index (κ2) is 16.6. The molecule has 0 aliphatic carbocycles. The molecule has 0 amide bonds. The summed E-state index contributed by atoms with van der Waals surface area (Å²) in [6, 6.07) is 51.7. The van der Waals surface area contributed by atoms with E-state index < -0.39 is 0 Å². The van der Waals surface area contributed by atoms with Crippen molar-refractivity contribution in [3.8, 4) is 74.6 Å². The maximum atomic E-state index is 6.45. The highest BCUT2D eigenvalue weighted by atomic mass is 16.5. The zero-order valence-corrected chi connectivity index (χ0v) is 37.0. The molecule has 0 radical (unpaired) electrons. The summed E-state index contributed by atoms with van der Waals surface area (Å²) in [7, 11) is 0. The van der Waals surface area contributed by atoms with Gasteiger partial charge in [-0.2, -0.15) is 0 Å². The average molecular weight is 858 g/mol. The quantitative estimate of drug-likeness (QED) is 0.135.